The zero-order valence-electron chi connectivity index (χ0n) is 12.1. The Bertz CT molecular complexity index is 615. The minimum atomic E-state index is -0.529. The van der Waals surface area contributed by atoms with Crippen LogP contribution >= 0.6 is 11.3 Å². The van der Waals surface area contributed by atoms with E-state index in [1.54, 1.807) is 20.1 Å². The fourth-order valence-corrected chi connectivity index (χ4v) is 2.66. The number of fused-ring (bicyclic) bond motifs is 1. The molecular formula is C14H19N3O3S. The number of hydrogen-bond donors (Lipinski definition) is 2. The van der Waals surface area contributed by atoms with Crippen molar-refractivity contribution in [3.63, 3.8) is 0 Å². The van der Waals surface area contributed by atoms with Crippen LogP contribution in [0.3, 0.4) is 0 Å². The van der Waals surface area contributed by atoms with Gasteiger partial charge in [-0.3, -0.25) is 10.1 Å². The van der Waals surface area contributed by atoms with E-state index in [2.05, 4.69) is 10.3 Å². The molecule has 1 aromatic carbocycles. The topological polar surface area (TPSA) is 86.5 Å². The average molecular weight is 309 g/mol. The van der Waals surface area contributed by atoms with Crippen LogP contribution in [-0.2, 0) is 14.3 Å². The second kappa shape index (κ2) is 7.35. The maximum absolute atomic E-state index is 12.0. The zero-order valence-corrected chi connectivity index (χ0v) is 12.9. The largest absolute Gasteiger partial charge is 0.399 e. The smallest absolute Gasteiger partial charge is 0.254 e. The number of benzene rings is 1. The SMILES string of the molecule is COCCCOC(C)C(=O)Nc1nc2ccc(N)cc2s1. The molecule has 7 heteroatoms. The van der Waals surface area contributed by atoms with E-state index in [4.69, 9.17) is 15.2 Å². The first kappa shape index (κ1) is 15.7. The van der Waals surface area contributed by atoms with Gasteiger partial charge in [0.25, 0.3) is 5.91 Å². The molecule has 1 atom stereocenters. The first-order chi connectivity index (χ1) is 10.1. The Morgan fingerprint density at radius 1 is 1.48 bits per heavy atom. The van der Waals surface area contributed by atoms with E-state index < -0.39 is 6.10 Å². The van der Waals surface area contributed by atoms with Crippen molar-refractivity contribution in [2.75, 3.05) is 31.4 Å². The molecule has 21 heavy (non-hydrogen) atoms. The second-order valence-electron chi connectivity index (χ2n) is 4.59. The molecular weight excluding hydrogens is 290 g/mol. The van der Waals surface area contributed by atoms with Gasteiger partial charge in [0.15, 0.2) is 5.13 Å². The number of ether oxygens (including phenoxy) is 2. The summed E-state index contributed by atoms with van der Waals surface area (Å²) in [5.74, 6) is -0.209. The molecule has 2 aromatic rings. The molecule has 1 unspecified atom stereocenters. The summed E-state index contributed by atoms with van der Waals surface area (Å²) < 4.78 is 11.3. The summed E-state index contributed by atoms with van der Waals surface area (Å²) in [4.78, 5) is 16.3. The first-order valence-electron chi connectivity index (χ1n) is 6.67. The number of rotatable bonds is 7. The van der Waals surface area contributed by atoms with Crippen LogP contribution in [0.15, 0.2) is 18.2 Å². The molecule has 0 fully saturated rings. The highest BCUT2D eigenvalue weighted by Crippen LogP contribution is 2.27. The highest BCUT2D eigenvalue weighted by atomic mass is 32.1. The van der Waals surface area contributed by atoms with Gasteiger partial charge in [0.2, 0.25) is 0 Å². The van der Waals surface area contributed by atoms with Gasteiger partial charge >= 0.3 is 0 Å². The lowest BCUT2D eigenvalue weighted by molar-refractivity contribution is -0.126. The monoisotopic (exact) mass is 309 g/mol. The first-order valence-corrected chi connectivity index (χ1v) is 7.49. The molecule has 0 saturated heterocycles. The fraction of sp³-hybridized carbons (Fsp3) is 0.429. The molecule has 1 amide bonds. The number of nitrogens with one attached hydrogen (secondary N) is 1. The Morgan fingerprint density at radius 3 is 3.05 bits per heavy atom. The third-order valence-corrected chi connectivity index (χ3v) is 3.81. The van der Waals surface area contributed by atoms with Crippen molar-refractivity contribution in [2.45, 2.75) is 19.4 Å². The molecule has 1 heterocycles. The number of carbonyl (C=O) groups excluding carboxylic acids is 1. The standard InChI is InChI=1S/C14H19N3O3S/c1-9(20-7-3-6-19-2)13(18)17-14-16-11-5-4-10(15)8-12(11)21-14/h4-5,8-9H,3,6-7,15H2,1-2H3,(H,16,17,18). The van der Waals surface area contributed by atoms with Crippen LogP contribution in [-0.4, -0.2) is 37.3 Å². The molecule has 3 N–H and O–H groups in total. The van der Waals surface area contributed by atoms with Gasteiger partial charge < -0.3 is 15.2 Å². The summed E-state index contributed by atoms with van der Waals surface area (Å²) in [7, 11) is 1.63. The van der Waals surface area contributed by atoms with Gasteiger partial charge in [-0.05, 0) is 31.5 Å². The van der Waals surface area contributed by atoms with Crippen LogP contribution in [0.1, 0.15) is 13.3 Å². The predicted molar refractivity (Wildman–Crippen MR) is 84.6 cm³/mol. The lowest BCUT2D eigenvalue weighted by atomic mass is 10.3. The van der Waals surface area contributed by atoms with E-state index in [-0.39, 0.29) is 5.91 Å². The minimum Gasteiger partial charge on any atom is -0.399 e. The highest BCUT2D eigenvalue weighted by molar-refractivity contribution is 7.22. The Kier molecular flexibility index (Phi) is 5.49. The number of aromatic nitrogens is 1. The van der Waals surface area contributed by atoms with Crippen molar-refractivity contribution in [1.82, 2.24) is 4.98 Å². The number of nitrogens with two attached hydrogens (primary N) is 1. The number of nitrogen functional groups attached to an aromatic ring is 1. The van der Waals surface area contributed by atoms with Gasteiger partial charge in [0.1, 0.15) is 6.10 Å². The normalized spacial score (nSPS) is 12.5. The molecule has 0 radical (unpaired) electrons. The fourth-order valence-electron chi connectivity index (χ4n) is 1.74. The number of nitrogens with zero attached hydrogens (tertiary/aromatic N) is 1. The van der Waals surface area contributed by atoms with Crippen molar-refractivity contribution < 1.29 is 14.3 Å². The second-order valence-corrected chi connectivity index (χ2v) is 5.63. The van der Waals surface area contributed by atoms with Crippen molar-refractivity contribution in [1.29, 1.82) is 0 Å². The number of amides is 1. The Balaban J connectivity index is 1.91. The van der Waals surface area contributed by atoms with E-state index in [1.807, 2.05) is 12.1 Å². The lowest BCUT2D eigenvalue weighted by Gasteiger charge is -2.11. The molecule has 0 bridgehead atoms. The van der Waals surface area contributed by atoms with E-state index in [0.717, 1.165) is 16.6 Å². The quantitative estimate of drug-likeness (QED) is 0.605. The third kappa shape index (κ3) is 4.38. The van der Waals surface area contributed by atoms with Crippen LogP contribution in [0.5, 0.6) is 0 Å². The van der Waals surface area contributed by atoms with Crippen LogP contribution in [0.25, 0.3) is 10.2 Å². The maximum atomic E-state index is 12.0. The Hall–Kier alpha value is -1.70. The van der Waals surface area contributed by atoms with Crippen molar-refractivity contribution in [3.8, 4) is 0 Å². The molecule has 6 nitrogen and oxygen atoms in total. The molecule has 0 spiro atoms. The number of carbonyl (C=O) groups is 1. The molecule has 0 aliphatic carbocycles. The van der Waals surface area contributed by atoms with E-state index >= 15 is 0 Å². The Labute approximate surface area is 127 Å². The van der Waals surface area contributed by atoms with Crippen LogP contribution in [0, 0.1) is 0 Å². The van der Waals surface area contributed by atoms with Crippen molar-refractivity contribution >= 4 is 38.3 Å². The summed E-state index contributed by atoms with van der Waals surface area (Å²) in [6, 6.07) is 5.46. The number of anilines is 2. The number of hydrogen-bond acceptors (Lipinski definition) is 6. The molecule has 0 saturated carbocycles. The van der Waals surface area contributed by atoms with Crippen molar-refractivity contribution in [2.24, 2.45) is 0 Å². The lowest BCUT2D eigenvalue weighted by Crippen LogP contribution is -2.28. The summed E-state index contributed by atoms with van der Waals surface area (Å²) in [6.07, 6.45) is 0.230. The predicted octanol–water partition coefficient (Wildman–Crippen LogP) is 2.26. The van der Waals surface area contributed by atoms with Gasteiger partial charge in [0.05, 0.1) is 10.2 Å². The van der Waals surface area contributed by atoms with E-state index in [1.165, 1.54) is 11.3 Å². The Morgan fingerprint density at radius 2 is 2.29 bits per heavy atom. The minimum absolute atomic E-state index is 0.209. The van der Waals surface area contributed by atoms with Gasteiger partial charge in [0, 0.05) is 26.0 Å². The summed E-state index contributed by atoms with van der Waals surface area (Å²) in [5, 5.41) is 3.31. The van der Waals surface area contributed by atoms with Gasteiger partial charge in [-0.2, -0.15) is 0 Å². The summed E-state index contributed by atoms with van der Waals surface area (Å²) in [5.41, 5.74) is 7.22. The van der Waals surface area contributed by atoms with E-state index in [0.29, 0.717) is 24.0 Å². The molecule has 0 aliphatic heterocycles. The molecule has 0 aliphatic rings. The van der Waals surface area contributed by atoms with Gasteiger partial charge in [-0.1, -0.05) is 11.3 Å². The van der Waals surface area contributed by atoms with Crippen LogP contribution in [0.2, 0.25) is 0 Å². The highest BCUT2D eigenvalue weighted by Gasteiger charge is 2.15. The maximum Gasteiger partial charge on any atom is 0.254 e. The van der Waals surface area contributed by atoms with Crippen molar-refractivity contribution in [3.05, 3.63) is 18.2 Å². The van der Waals surface area contributed by atoms with Gasteiger partial charge in [-0.15, -0.1) is 0 Å². The molecule has 2 rings (SSSR count). The zero-order chi connectivity index (χ0) is 15.2. The average Bonchev–Trinajstić information content (AvgIpc) is 2.84. The van der Waals surface area contributed by atoms with E-state index in [9.17, 15) is 4.79 Å². The van der Waals surface area contributed by atoms with Gasteiger partial charge in [-0.25, -0.2) is 4.98 Å². The summed E-state index contributed by atoms with van der Waals surface area (Å²) in [6.45, 7) is 2.82. The molecule has 114 valence electrons. The third-order valence-electron chi connectivity index (χ3n) is 2.87. The number of thiazole rings is 1. The van der Waals surface area contributed by atoms with Crippen LogP contribution in [0.4, 0.5) is 10.8 Å². The number of methoxy groups -OCH3 is 1. The summed E-state index contributed by atoms with van der Waals surface area (Å²) >= 11 is 1.39. The van der Waals surface area contributed by atoms with Crippen LogP contribution < -0.4 is 11.1 Å². The molecule has 1 aromatic heterocycles.